The van der Waals surface area contributed by atoms with Crippen molar-refractivity contribution in [1.29, 1.82) is 0 Å². The fraction of sp³-hybridized carbons (Fsp3) is 0.647. The normalized spacial score (nSPS) is 25.1. The van der Waals surface area contributed by atoms with Gasteiger partial charge in [0.05, 0.1) is 6.61 Å². The average molecular weight is 307 g/mol. The molecule has 2 fully saturated rings. The molecule has 1 aromatic carbocycles. The third kappa shape index (κ3) is 3.05. The molecule has 1 saturated heterocycles. The number of benzene rings is 1. The highest BCUT2D eigenvalue weighted by molar-refractivity contribution is 6.30. The van der Waals surface area contributed by atoms with Crippen LogP contribution in [0.5, 0.6) is 5.75 Å². The molecule has 4 rings (SSSR count). The summed E-state index contributed by atoms with van der Waals surface area (Å²) in [6.07, 6.45) is 6.34. The van der Waals surface area contributed by atoms with Crippen LogP contribution in [-0.2, 0) is 13.0 Å². The van der Waals surface area contributed by atoms with Gasteiger partial charge in [-0.2, -0.15) is 0 Å². The molecule has 3 aliphatic rings. The lowest BCUT2D eigenvalue weighted by molar-refractivity contribution is 0.234. The van der Waals surface area contributed by atoms with Crippen LogP contribution in [0, 0.1) is 0 Å². The Labute approximate surface area is 131 Å². The predicted molar refractivity (Wildman–Crippen MR) is 85.1 cm³/mol. The van der Waals surface area contributed by atoms with Crippen LogP contribution in [0.1, 0.15) is 36.8 Å². The lowest BCUT2D eigenvalue weighted by Gasteiger charge is -2.25. The van der Waals surface area contributed by atoms with E-state index >= 15 is 0 Å². The van der Waals surface area contributed by atoms with Gasteiger partial charge in [-0.15, -0.1) is 0 Å². The Morgan fingerprint density at radius 1 is 1.29 bits per heavy atom. The Kier molecular flexibility index (Phi) is 3.82. The Morgan fingerprint density at radius 3 is 3.05 bits per heavy atom. The number of nitrogens with zero attached hydrogens (tertiary/aromatic N) is 1. The Morgan fingerprint density at radius 2 is 2.19 bits per heavy atom. The van der Waals surface area contributed by atoms with E-state index in [1.54, 1.807) is 0 Å². The highest BCUT2D eigenvalue weighted by Gasteiger charge is 2.29. The molecule has 0 aromatic heterocycles. The van der Waals surface area contributed by atoms with Gasteiger partial charge in [-0.1, -0.05) is 11.6 Å². The summed E-state index contributed by atoms with van der Waals surface area (Å²) in [7, 11) is 0. The number of nitrogens with one attached hydrogen (secondary N) is 1. The average Bonchev–Trinajstić information content (AvgIpc) is 2.99. The highest BCUT2D eigenvalue weighted by Crippen LogP contribution is 2.34. The van der Waals surface area contributed by atoms with Crippen LogP contribution in [0.25, 0.3) is 0 Å². The van der Waals surface area contributed by atoms with E-state index in [2.05, 4.69) is 22.3 Å². The van der Waals surface area contributed by atoms with Crippen molar-refractivity contribution in [2.45, 2.75) is 50.7 Å². The first-order valence-corrected chi connectivity index (χ1v) is 8.59. The number of hydrogen-bond acceptors (Lipinski definition) is 3. The van der Waals surface area contributed by atoms with Gasteiger partial charge in [-0.05, 0) is 49.9 Å². The van der Waals surface area contributed by atoms with Gasteiger partial charge < -0.3 is 10.1 Å². The number of halogens is 1. The van der Waals surface area contributed by atoms with Crippen molar-refractivity contribution in [3.63, 3.8) is 0 Å². The van der Waals surface area contributed by atoms with E-state index in [1.165, 1.54) is 43.4 Å². The van der Waals surface area contributed by atoms with Crippen molar-refractivity contribution in [2.24, 2.45) is 0 Å². The molecule has 4 heteroatoms. The van der Waals surface area contributed by atoms with Crippen LogP contribution < -0.4 is 10.1 Å². The summed E-state index contributed by atoms with van der Waals surface area (Å²) in [5.74, 6) is 1.10. The largest absolute Gasteiger partial charge is 0.493 e. The van der Waals surface area contributed by atoms with E-state index < -0.39 is 0 Å². The minimum absolute atomic E-state index is 0.668. The molecule has 1 atom stereocenters. The zero-order chi connectivity index (χ0) is 14.2. The third-order valence-electron chi connectivity index (χ3n) is 4.92. The molecule has 3 nitrogen and oxygen atoms in total. The monoisotopic (exact) mass is 306 g/mol. The molecule has 1 saturated carbocycles. The molecule has 0 amide bonds. The van der Waals surface area contributed by atoms with Crippen LogP contribution in [0.4, 0.5) is 0 Å². The first kappa shape index (κ1) is 13.9. The van der Waals surface area contributed by atoms with Gasteiger partial charge in [0.15, 0.2) is 0 Å². The SMILES string of the molecule is Clc1cc2c(c(CN3CCCC3CNC3CC3)c1)OCC2. The number of fused-ring (bicyclic) bond motifs is 1. The topological polar surface area (TPSA) is 24.5 Å². The van der Waals surface area contributed by atoms with Crippen molar-refractivity contribution in [1.82, 2.24) is 10.2 Å². The summed E-state index contributed by atoms with van der Waals surface area (Å²) in [5, 5.41) is 4.53. The van der Waals surface area contributed by atoms with E-state index in [0.29, 0.717) is 6.04 Å². The van der Waals surface area contributed by atoms with Gasteiger partial charge in [-0.3, -0.25) is 4.90 Å². The van der Waals surface area contributed by atoms with Gasteiger partial charge >= 0.3 is 0 Å². The fourth-order valence-electron chi connectivity index (χ4n) is 3.61. The molecular weight excluding hydrogens is 284 g/mol. The van der Waals surface area contributed by atoms with E-state index in [0.717, 1.165) is 42.9 Å². The molecule has 2 aliphatic heterocycles. The highest BCUT2D eigenvalue weighted by atomic mass is 35.5. The Hall–Kier alpha value is -0.770. The molecule has 1 N–H and O–H groups in total. The van der Waals surface area contributed by atoms with Crippen LogP contribution in [0.15, 0.2) is 12.1 Å². The zero-order valence-corrected chi connectivity index (χ0v) is 13.2. The second kappa shape index (κ2) is 5.79. The third-order valence-corrected chi connectivity index (χ3v) is 5.14. The lowest BCUT2D eigenvalue weighted by Crippen LogP contribution is -2.38. The van der Waals surface area contributed by atoms with Gasteiger partial charge in [0.2, 0.25) is 0 Å². The maximum Gasteiger partial charge on any atom is 0.127 e. The van der Waals surface area contributed by atoms with Crippen LogP contribution in [-0.4, -0.2) is 36.7 Å². The fourth-order valence-corrected chi connectivity index (χ4v) is 3.87. The summed E-state index contributed by atoms with van der Waals surface area (Å²) in [6, 6.07) is 5.62. The van der Waals surface area contributed by atoms with Crippen LogP contribution >= 0.6 is 11.6 Å². The van der Waals surface area contributed by atoms with Crippen LogP contribution in [0.3, 0.4) is 0 Å². The van der Waals surface area contributed by atoms with E-state index in [9.17, 15) is 0 Å². The second-order valence-electron chi connectivity index (χ2n) is 6.60. The second-order valence-corrected chi connectivity index (χ2v) is 7.04. The number of hydrogen-bond donors (Lipinski definition) is 1. The predicted octanol–water partition coefficient (Wildman–Crippen LogP) is 2.99. The number of rotatable bonds is 5. The number of ether oxygens (including phenoxy) is 1. The summed E-state index contributed by atoms with van der Waals surface area (Å²) in [4.78, 5) is 2.60. The molecule has 1 aromatic rings. The van der Waals surface area contributed by atoms with Crippen LogP contribution in [0.2, 0.25) is 5.02 Å². The molecule has 1 unspecified atom stereocenters. The minimum Gasteiger partial charge on any atom is -0.493 e. The van der Waals surface area contributed by atoms with Gasteiger partial charge in [0.1, 0.15) is 5.75 Å². The summed E-state index contributed by atoms with van der Waals surface area (Å²) in [5.41, 5.74) is 2.55. The summed E-state index contributed by atoms with van der Waals surface area (Å²) < 4.78 is 5.84. The smallest absolute Gasteiger partial charge is 0.127 e. The molecule has 1 aliphatic carbocycles. The van der Waals surface area contributed by atoms with E-state index in [4.69, 9.17) is 16.3 Å². The Bertz CT molecular complexity index is 530. The maximum atomic E-state index is 6.27. The summed E-state index contributed by atoms with van der Waals surface area (Å²) >= 11 is 6.27. The maximum absolute atomic E-state index is 6.27. The molecule has 114 valence electrons. The molecular formula is C17H23ClN2O. The minimum atomic E-state index is 0.668. The molecule has 0 spiro atoms. The van der Waals surface area contributed by atoms with Crippen molar-refractivity contribution in [2.75, 3.05) is 19.7 Å². The molecule has 0 bridgehead atoms. The Balaban J connectivity index is 1.47. The van der Waals surface area contributed by atoms with Gasteiger partial charge in [-0.25, -0.2) is 0 Å². The number of likely N-dealkylation sites (tertiary alicyclic amines) is 1. The van der Waals surface area contributed by atoms with Crippen molar-refractivity contribution in [3.05, 3.63) is 28.3 Å². The standard InChI is InChI=1S/C17H23ClN2O/c18-14-8-12-5-7-21-17(12)13(9-14)11-20-6-1-2-16(20)10-19-15-3-4-15/h8-9,15-16,19H,1-7,10-11H2. The lowest BCUT2D eigenvalue weighted by atomic mass is 10.1. The first-order chi connectivity index (χ1) is 10.3. The summed E-state index contributed by atoms with van der Waals surface area (Å²) in [6.45, 7) is 4.10. The van der Waals surface area contributed by atoms with E-state index in [-0.39, 0.29) is 0 Å². The molecule has 0 radical (unpaired) electrons. The van der Waals surface area contributed by atoms with Gasteiger partial charge in [0, 0.05) is 42.2 Å². The van der Waals surface area contributed by atoms with Crippen molar-refractivity contribution < 1.29 is 4.74 Å². The quantitative estimate of drug-likeness (QED) is 0.905. The van der Waals surface area contributed by atoms with Gasteiger partial charge in [0.25, 0.3) is 0 Å². The molecule has 2 heterocycles. The first-order valence-electron chi connectivity index (χ1n) is 8.21. The van der Waals surface area contributed by atoms with E-state index in [1.807, 2.05) is 0 Å². The van der Waals surface area contributed by atoms with Crippen molar-refractivity contribution in [3.8, 4) is 5.75 Å². The zero-order valence-electron chi connectivity index (χ0n) is 12.4. The molecule has 21 heavy (non-hydrogen) atoms. The van der Waals surface area contributed by atoms with Crippen molar-refractivity contribution >= 4 is 11.6 Å².